The Hall–Kier alpha value is -1.73. The summed E-state index contributed by atoms with van der Waals surface area (Å²) in [4.78, 5) is 27.2. The molecule has 0 radical (unpaired) electrons. The Morgan fingerprint density at radius 3 is 2.77 bits per heavy atom. The van der Waals surface area contributed by atoms with E-state index in [-0.39, 0.29) is 6.03 Å². The van der Waals surface area contributed by atoms with Crippen molar-refractivity contribution in [2.45, 2.75) is 39.7 Å². The fourth-order valence-electron chi connectivity index (χ4n) is 1.51. The summed E-state index contributed by atoms with van der Waals surface area (Å²) in [5, 5.41) is 1.76. The second-order valence-electron chi connectivity index (χ2n) is 5.72. The number of aliphatic imine (C=N–C) groups is 1. The highest BCUT2D eigenvalue weighted by molar-refractivity contribution is 7.16. The van der Waals surface area contributed by atoms with E-state index >= 15 is 0 Å². The Labute approximate surface area is 135 Å². The van der Waals surface area contributed by atoms with Crippen LogP contribution < -0.4 is 10.4 Å². The van der Waals surface area contributed by atoms with Gasteiger partial charge >= 0.3 is 6.03 Å². The number of nitrogens with zero attached hydrogens (tertiary/aromatic N) is 3. The van der Waals surface area contributed by atoms with E-state index in [0.717, 1.165) is 15.7 Å². The number of aryl methyl sites for hydroxylation is 1. The molecule has 0 aliphatic heterocycles. The van der Waals surface area contributed by atoms with Crippen molar-refractivity contribution in [3.63, 3.8) is 0 Å². The van der Waals surface area contributed by atoms with Crippen LogP contribution >= 0.6 is 11.3 Å². The van der Waals surface area contributed by atoms with Crippen molar-refractivity contribution in [3.05, 3.63) is 22.9 Å². The van der Waals surface area contributed by atoms with Crippen LogP contribution in [0.4, 0.5) is 9.80 Å². The quantitative estimate of drug-likeness (QED) is 0.668. The maximum Gasteiger partial charge on any atom is 0.346 e. The third-order valence-corrected chi connectivity index (χ3v) is 3.79. The summed E-state index contributed by atoms with van der Waals surface area (Å²) in [6.07, 6.45) is 6.30. The summed E-state index contributed by atoms with van der Waals surface area (Å²) in [5.74, 6) is 0. The van der Waals surface area contributed by atoms with Crippen LogP contribution in [0.1, 0.15) is 31.5 Å². The van der Waals surface area contributed by atoms with E-state index in [4.69, 9.17) is 4.84 Å². The number of hydrogen-bond donors (Lipinski definition) is 1. The first kappa shape index (κ1) is 18.3. The van der Waals surface area contributed by atoms with Crippen LogP contribution in [0, 0.1) is 6.92 Å². The van der Waals surface area contributed by atoms with Crippen LogP contribution in [0.15, 0.2) is 17.1 Å². The first-order chi connectivity index (χ1) is 10.2. The van der Waals surface area contributed by atoms with E-state index in [1.165, 1.54) is 16.2 Å². The monoisotopic (exact) mass is 324 g/mol. The number of hydroxylamine groups is 1. The van der Waals surface area contributed by atoms with Crippen LogP contribution in [0.2, 0.25) is 0 Å². The highest BCUT2D eigenvalue weighted by Gasteiger charge is 2.19. The molecule has 1 N–H and O–H groups in total. The molecule has 0 saturated carbocycles. The molecule has 6 nitrogen and oxygen atoms in total. The molecule has 2 amide bonds. The summed E-state index contributed by atoms with van der Waals surface area (Å²) in [6, 6.07) is -0.318. The second-order valence-corrected chi connectivity index (χ2v) is 6.78. The van der Waals surface area contributed by atoms with Gasteiger partial charge in [0.15, 0.2) is 0 Å². The van der Waals surface area contributed by atoms with Gasteiger partial charge in [0.25, 0.3) is 0 Å². The van der Waals surface area contributed by atoms with E-state index in [1.54, 1.807) is 20.3 Å². The molecule has 7 heteroatoms. The van der Waals surface area contributed by atoms with Crippen LogP contribution in [0.5, 0.6) is 0 Å². The van der Waals surface area contributed by atoms with Gasteiger partial charge in [-0.3, -0.25) is 14.7 Å². The number of urea groups is 1. The molecule has 122 valence electrons. The second kappa shape index (κ2) is 8.05. The molecule has 1 aromatic heterocycles. The minimum Gasteiger partial charge on any atom is -0.297 e. The highest BCUT2D eigenvalue weighted by atomic mass is 32.1. The normalized spacial score (nSPS) is 12.3. The van der Waals surface area contributed by atoms with Gasteiger partial charge in [0.2, 0.25) is 0 Å². The van der Waals surface area contributed by atoms with E-state index in [0.29, 0.717) is 6.42 Å². The number of thiazole rings is 1. The topological polar surface area (TPSA) is 66.8 Å². The van der Waals surface area contributed by atoms with Crippen LogP contribution in [-0.2, 0) is 11.3 Å². The van der Waals surface area contributed by atoms with Gasteiger partial charge in [0.05, 0.1) is 16.3 Å². The van der Waals surface area contributed by atoms with E-state index in [2.05, 4.69) is 15.5 Å². The third kappa shape index (κ3) is 5.95. The molecule has 0 atom stereocenters. The first-order valence-corrected chi connectivity index (χ1v) is 7.81. The molecule has 22 heavy (non-hydrogen) atoms. The zero-order chi connectivity index (χ0) is 16.8. The van der Waals surface area contributed by atoms with Crippen molar-refractivity contribution in [1.29, 1.82) is 0 Å². The largest absolute Gasteiger partial charge is 0.346 e. The molecular formula is C15H24N4O2S. The Morgan fingerprint density at radius 2 is 2.18 bits per heavy atom. The fraction of sp³-hybridized carbons (Fsp3) is 0.533. The van der Waals surface area contributed by atoms with Crippen molar-refractivity contribution in [2.75, 3.05) is 19.0 Å². The highest BCUT2D eigenvalue weighted by Crippen LogP contribution is 2.27. The lowest BCUT2D eigenvalue weighted by Crippen LogP contribution is -2.41. The van der Waals surface area contributed by atoms with Gasteiger partial charge in [-0.15, -0.1) is 11.3 Å². The fourth-order valence-corrected chi connectivity index (χ4v) is 2.51. The number of carbonyl (C=O) groups is 1. The number of rotatable bonds is 5. The first-order valence-electron chi connectivity index (χ1n) is 7.00. The molecule has 1 rings (SSSR count). The standard InChI is InChI=1S/C15H24N4O2S/c1-11-13(19(6)14(20)18-21-15(2,3)4)22-12(17-11)9-7-8-10-16-5/h7-8,10H,9H2,1-6H3,(H,18,20)/b8-7-,16-10?. The summed E-state index contributed by atoms with van der Waals surface area (Å²) >= 11 is 1.49. The Morgan fingerprint density at radius 1 is 1.50 bits per heavy atom. The smallest absolute Gasteiger partial charge is 0.297 e. The lowest BCUT2D eigenvalue weighted by molar-refractivity contribution is -0.0514. The van der Waals surface area contributed by atoms with E-state index < -0.39 is 5.60 Å². The van der Waals surface area contributed by atoms with Gasteiger partial charge in [0, 0.05) is 26.7 Å². The minimum atomic E-state index is -0.434. The number of amides is 2. The molecule has 0 fully saturated rings. The number of allylic oxidation sites excluding steroid dienone is 2. The van der Waals surface area contributed by atoms with Crippen molar-refractivity contribution in [1.82, 2.24) is 10.5 Å². The lowest BCUT2D eigenvalue weighted by Gasteiger charge is -2.22. The zero-order valence-electron chi connectivity index (χ0n) is 14.0. The van der Waals surface area contributed by atoms with Crippen LogP contribution in [0.25, 0.3) is 0 Å². The molecule has 1 heterocycles. The predicted octanol–water partition coefficient (Wildman–Crippen LogP) is 3.13. The Balaban J connectivity index is 2.71. The van der Waals surface area contributed by atoms with Gasteiger partial charge in [-0.25, -0.2) is 15.3 Å². The van der Waals surface area contributed by atoms with Crippen molar-refractivity contribution in [2.24, 2.45) is 4.99 Å². The van der Waals surface area contributed by atoms with Crippen molar-refractivity contribution >= 4 is 28.6 Å². The SMILES string of the molecule is CN=C/C=C\Cc1nc(C)c(N(C)C(=O)NOC(C)(C)C)s1. The summed E-state index contributed by atoms with van der Waals surface area (Å²) in [6.45, 7) is 7.50. The Bertz CT molecular complexity index is 558. The average molecular weight is 324 g/mol. The predicted molar refractivity (Wildman–Crippen MR) is 91.9 cm³/mol. The van der Waals surface area contributed by atoms with Gasteiger partial charge in [-0.1, -0.05) is 6.08 Å². The van der Waals surface area contributed by atoms with Gasteiger partial charge in [-0.2, -0.15) is 0 Å². The molecule has 0 saturated heterocycles. The molecule has 0 bridgehead atoms. The van der Waals surface area contributed by atoms with Gasteiger partial charge in [0.1, 0.15) is 5.00 Å². The van der Waals surface area contributed by atoms with Crippen molar-refractivity contribution < 1.29 is 9.63 Å². The summed E-state index contributed by atoms with van der Waals surface area (Å²) in [7, 11) is 3.43. The molecule has 0 aliphatic carbocycles. The molecule has 0 aliphatic rings. The van der Waals surface area contributed by atoms with Gasteiger partial charge < -0.3 is 0 Å². The molecule has 0 unspecified atom stereocenters. The van der Waals surface area contributed by atoms with E-state index in [1.807, 2.05) is 39.8 Å². The Kier molecular flexibility index (Phi) is 6.70. The summed E-state index contributed by atoms with van der Waals surface area (Å²) in [5.41, 5.74) is 2.84. The molecular weight excluding hydrogens is 300 g/mol. The lowest BCUT2D eigenvalue weighted by atomic mass is 10.2. The number of hydrogen-bond acceptors (Lipinski definition) is 5. The third-order valence-electron chi connectivity index (χ3n) is 2.53. The molecule has 0 aromatic carbocycles. The number of anilines is 1. The number of carbonyl (C=O) groups excluding carboxylic acids is 1. The minimum absolute atomic E-state index is 0.318. The van der Waals surface area contributed by atoms with Crippen molar-refractivity contribution in [3.8, 4) is 0 Å². The summed E-state index contributed by atoms with van der Waals surface area (Å²) < 4.78 is 0. The maximum absolute atomic E-state index is 12.1. The van der Waals surface area contributed by atoms with E-state index in [9.17, 15) is 4.79 Å². The van der Waals surface area contributed by atoms with Crippen LogP contribution in [-0.4, -0.2) is 36.9 Å². The molecule has 1 aromatic rings. The molecule has 0 spiro atoms. The zero-order valence-corrected chi connectivity index (χ0v) is 14.8. The average Bonchev–Trinajstić information content (AvgIpc) is 2.80. The maximum atomic E-state index is 12.1. The van der Waals surface area contributed by atoms with Crippen LogP contribution in [0.3, 0.4) is 0 Å². The number of nitrogens with one attached hydrogen (secondary N) is 1. The number of aromatic nitrogens is 1. The van der Waals surface area contributed by atoms with Gasteiger partial charge in [-0.05, 0) is 33.8 Å².